The zero-order valence-corrected chi connectivity index (χ0v) is 22.3. The summed E-state index contributed by atoms with van der Waals surface area (Å²) in [5.41, 5.74) is 1.99. The van der Waals surface area contributed by atoms with Crippen molar-refractivity contribution in [3.8, 4) is 12.1 Å². The molecule has 5 aromatic rings. The minimum absolute atomic E-state index is 0.435. The molecule has 0 spiro atoms. The van der Waals surface area contributed by atoms with Gasteiger partial charge in [0.05, 0.1) is 23.3 Å². The number of nitrogens with zero attached hydrogens (tertiary/aromatic N) is 2. The number of benzene rings is 5. The molecule has 0 aliphatic rings. The molecule has 6 nitrogen and oxygen atoms in total. The van der Waals surface area contributed by atoms with Crippen LogP contribution in [0.2, 0.25) is 0 Å². The Balaban J connectivity index is 0.000000185. The van der Waals surface area contributed by atoms with Gasteiger partial charge in [-0.15, -0.1) is 0 Å². The van der Waals surface area contributed by atoms with Crippen molar-refractivity contribution in [2.45, 2.75) is 0 Å². The highest BCUT2D eigenvalue weighted by Crippen LogP contribution is 2.41. The lowest BCUT2D eigenvalue weighted by Gasteiger charge is -2.19. The molecule has 7 heteroatoms. The lowest BCUT2D eigenvalue weighted by molar-refractivity contribution is 0.262. The number of hydrogen-bond donors (Lipinski definition) is 2. The van der Waals surface area contributed by atoms with Crippen LogP contribution in [0.15, 0.2) is 140 Å². The molecular formula is C33H25N4O2P. The summed E-state index contributed by atoms with van der Waals surface area (Å²) >= 11 is 0. The quantitative estimate of drug-likeness (QED) is 0.252. The number of hydrogen-bond acceptors (Lipinski definition) is 4. The van der Waals surface area contributed by atoms with Gasteiger partial charge in [-0.25, -0.2) is 4.79 Å². The van der Waals surface area contributed by atoms with E-state index in [0.717, 1.165) is 15.9 Å². The van der Waals surface area contributed by atoms with E-state index in [4.69, 9.17) is 10.5 Å². The van der Waals surface area contributed by atoms with Crippen molar-refractivity contribution in [3.63, 3.8) is 0 Å². The number of anilines is 2. The molecule has 0 saturated heterocycles. The van der Waals surface area contributed by atoms with Crippen molar-refractivity contribution in [2.24, 2.45) is 0 Å². The van der Waals surface area contributed by atoms with E-state index in [1.54, 1.807) is 48.5 Å². The lowest BCUT2D eigenvalue weighted by Crippen LogP contribution is -2.24. The summed E-state index contributed by atoms with van der Waals surface area (Å²) in [6, 6.07) is 45.9. The molecule has 0 bridgehead atoms. The maximum atomic E-state index is 13.8. The van der Waals surface area contributed by atoms with E-state index in [1.165, 1.54) is 0 Å². The van der Waals surface area contributed by atoms with E-state index >= 15 is 0 Å². The second-order valence-electron chi connectivity index (χ2n) is 8.58. The molecular weight excluding hydrogens is 515 g/mol. The summed E-state index contributed by atoms with van der Waals surface area (Å²) in [7, 11) is -2.78. The van der Waals surface area contributed by atoms with E-state index in [0.29, 0.717) is 22.5 Å². The normalized spacial score (nSPS) is 10.2. The van der Waals surface area contributed by atoms with Gasteiger partial charge in [0.25, 0.3) is 0 Å². The van der Waals surface area contributed by atoms with E-state index in [9.17, 15) is 9.36 Å². The first-order chi connectivity index (χ1) is 19.5. The van der Waals surface area contributed by atoms with Crippen LogP contribution in [0.1, 0.15) is 11.1 Å². The van der Waals surface area contributed by atoms with Gasteiger partial charge in [0.2, 0.25) is 0 Å². The monoisotopic (exact) mass is 540 g/mol. The fourth-order valence-corrected chi connectivity index (χ4v) is 6.66. The van der Waals surface area contributed by atoms with E-state index in [1.807, 2.05) is 103 Å². The summed E-state index contributed by atoms with van der Waals surface area (Å²) in [5, 5.41) is 25.4. The fourth-order valence-electron chi connectivity index (χ4n) is 3.99. The van der Waals surface area contributed by atoms with Gasteiger partial charge in [0.15, 0.2) is 7.14 Å². The average molecular weight is 541 g/mol. The number of amides is 2. The van der Waals surface area contributed by atoms with Crippen LogP contribution >= 0.6 is 7.14 Å². The Morgan fingerprint density at radius 3 is 1.20 bits per heavy atom. The second kappa shape index (κ2) is 13.4. The fraction of sp³-hybridized carbons (Fsp3) is 0. The maximum absolute atomic E-state index is 13.8. The molecule has 5 aromatic carbocycles. The predicted octanol–water partition coefficient (Wildman–Crippen LogP) is 6.40. The lowest BCUT2D eigenvalue weighted by atomic mass is 10.2. The zero-order valence-electron chi connectivity index (χ0n) is 21.4. The molecule has 2 N–H and O–H groups in total. The van der Waals surface area contributed by atoms with Crippen molar-refractivity contribution in [1.29, 1.82) is 10.5 Å². The first-order valence-corrected chi connectivity index (χ1v) is 14.1. The maximum Gasteiger partial charge on any atom is 0.323 e. The molecule has 0 fully saturated rings. The number of carbonyl (C=O) groups is 1. The summed E-state index contributed by atoms with van der Waals surface area (Å²) < 4.78 is 13.8. The van der Waals surface area contributed by atoms with Gasteiger partial charge in [0, 0.05) is 27.3 Å². The highest BCUT2D eigenvalue weighted by Gasteiger charge is 2.28. The van der Waals surface area contributed by atoms with Crippen molar-refractivity contribution in [1.82, 2.24) is 0 Å². The van der Waals surface area contributed by atoms with Gasteiger partial charge in [-0.2, -0.15) is 10.5 Å². The third-order valence-electron chi connectivity index (χ3n) is 5.86. The van der Waals surface area contributed by atoms with E-state index < -0.39 is 13.2 Å². The van der Waals surface area contributed by atoms with Gasteiger partial charge < -0.3 is 15.2 Å². The molecule has 194 valence electrons. The minimum Gasteiger partial charge on any atom is -0.309 e. The highest BCUT2D eigenvalue weighted by atomic mass is 31.2. The molecule has 0 aromatic heterocycles. The summed E-state index contributed by atoms with van der Waals surface area (Å²) in [6.45, 7) is 0. The smallest absolute Gasteiger partial charge is 0.309 e. The average Bonchev–Trinajstić information content (AvgIpc) is 3.02. The Bertz CT molecular complexity index is 1550. The first-order valence-electron chi connectivity index (χ1n) is 12.4. The first kappa shape index (κ1) is 27.6. The molecule has 0 radical (unpaired) electrons. The number of nitrogens with one attached hydrogen (secondary N) is 2. The largest absolute Gasteiger partial charge is 0.323 e. The molecule has 2 amide bonds. The minimum atomic E-state index is -2.78. The van der Waals surface area contributed by atoms with Gasteiger partial charge in [0.1, 0.15) is 0 Å². The molecule has 0 heterocycles. The Kier molecular flexibility index (Phi) is 9.25. The van der Waals surface area contributed by atoms with Crippen LogP contribution in [0.5, 0.6) is 0 Å². The van der Waals surface area contributed by atoms with Crippen molar-refractivity contribution in [2.75, 3.05) is 10.6 Å². The Labute approximate surface area is 233 Å². The van der Waals surface area contributed by atoms with Crippen LogP contribution in [0.25, 0.3) is 0 Å². The number of nitriles is 2. The van der Waals surface area contributed by atoms with Crippen molar-refractivity contribution >= 4 is 40.5 Å². The topological polar surface area (TPSA) is 106 Å². The van der Waals surface area contributed by atoms with Gasteiger partial charge in [-0.3, -0.25) is 0 Å². The highest BCUT2D eigenvalue weighted by molar-refractivity contribution is 7.85. The molecule has 5 rings (SSSR count). The van der Waals surface area contributed by atoms with Crippen LogP contribution in [0.3, 0.4) is 0 Å². The van der Waals surface area contributed by atoms with Gasteiger partial charge >= 0.3 is 6.03 Å². The SMILES string of the molecule is N#Cc1cccc(NC(=O)Nc2cccc(C#N)c2)c1.O=P(c1ccccc1)(c1ccccc1)c1ccccc1. The van der Waals surface area contributed by atoms with E-state index in [-0.39, 0.29) is 0 Å². The standard InChI is InChI=1S/C18H15OP.C15H10N4O/c19-20(16-10-4-1-5-11-16,17-12-6-2-7-13-17)18-14-8-3-9-15-18;16-9-11-3-1-5-13(7-11)18-15(20)19-14-6-2-4-12(8-14)10-17/h1-15H;1-8H,(H2,18,19,20). The van der Waals surface area contributed by atoms with E-state index in [2.05, 4.69) is 10.6 Å². The Hall–Kier alpha value is -5.42. The van der Waals surface area contributed by atoms with Crippen LogP contribution in [-0.4, -0.2) is 6.03 Å². The number of urea groups is 1. The second-order valence-corrected chi connectivity index (χ2v) is 11.3. The third-order valence-corrected chi connectivity index (χ3v) is 8.93. The summed E-state index contributed by atoms with van der Waals surface area (Å²) in [4.78, 5) is 11.8. The molecule has 0 saturated carbocycles. The van der Waals surface area contributed by atoms with Gasteiger partial charge in [-0.05, 0) is 36.4 Å². The van der Waals surface area contributed by atoms with Crippen LogP contribution in [-0.2, 0) is 4.57 Å². The number of rotatable bonds is 5. The van der Waals surface area contributed by atoms with Crippen LogP contribution in [0, 0.1) is 22.7 Å². The van der Waals surface area contributed by atoms with Crippen LogP contribution in [0.4, 0.5) is 16.2 Å². The molecule has 0 unspecified atom stereocenters. The summed E-state index contributed by atoms with van der Waals surface area (Å²) in [6.07, 6.45) is 0. The molecule has 0 aliphatic carbocycles. The van der Waals surface area contributed by atoms with Gasteiger partial charge in [-0.1, -0.05) is 103 Å². The van der Waals surface area contributed by atoms with Crippen molar-refractivity contribution < 1.29 is 9.36 Å². The molecule has 0 atom stereocenters. The summed E-state index contributed by atoms with van der Waals surface area (Å²) in [5.74, 6) is 0. The van der Waals surface area contributed by atoms with Crippen molar-refractivity contribution in [3.05, 3.63) is 151 Å². The Morgan fingerprint density at radius 2 is 0.875 bits per heavy atom. The number of carbonyl (C=O) groups excluding carboxylic acids is 1. The third kappa shape index (κ3) is 6.91. The predicted molar refractivity (Wildman–Crippen MR) is 161 cm³/mol. The zero-order chi connectivity index (χ0) is 28.2. The van der Waals surface area contributed by atoms with Crippen LogP contribution < -0.4 is 26.5 Å². The Morgan fingerprint density at radius 1 is 0.525 bits per heavy atom. The molecule has 40 heavy (non-hydrogen) atoms. The molecule has 0 aliphatic heterocycles.